The molecule has 0 aliphatic rings. The van der Waals surface area contributed by atoms with Crippen molar-refractivity contribution < 1.29 is 17.2 Å². The highest BCUT2D eigenvalue weighted by molar-refractivity contribution is 7.92. The van der Waals surface area contributed by atoms with Crippen LogP contribution in [0.1, 0.15) is 5.56 Å². The third kappa shape index (κ3) is 3.91. The molecule has 1 N–H and O–H groups in total. The summed E-state index contributed by atoms with van der Waals surface area (Å²) < 4.78 is 55.1. The van der Waals surface area contributed by atoms with Gasteiger partial charge in [-0.1, -0.05) is 12.0 Å². The number of anilines is 1. The minimum absolute atomic E-state index is 0.227. The maximum Gasteiger partial charge on any atom is 0.229 e. The first-order valence-electron chi connectivity index (χ1n) is 8.90. The highest BCUT2D eigenvalue weighted by Crippen LogP contribution is 2.30. The van der Waals surface area contributed by atoms with Crippen molar-refractivity contribution >= 4 is 26.6 Å². The molecule has 3 aromatic carbocycles. The minimum atomic E-state index is -3.43. The van der Waals surface area contributed by atoms with Crippen LogP contribution in [0.4, 0.5) is 14.5 Å². The van der Waals surface area contributed by atoms with Crippen molar-refractivity contribution in [1.29, 1.82) is 0 Å². The van der Waals surface area contributed by atoms with E-state index in [1.165, 1.54) is 12.1 Å². The van der Waals surface area contributed by atoms with E-state index in [1.807, 2.05) is 16.8 Å². The summed E-state index contributed by atoms with van der Waals surface area (Å²) >= 11 is 0. The van der Waals surface area contributed by atoms with Crippen LogP contribution in [-0.4, -0.2) is 19.2 Å². The molecule has 4 aromatic rings. The van der Waals surface area contributed by atoms with Crippen molar-refractivity contribution in [3.8, 4) is 29.2 Å². The van der Waals surface area contributed by atoms with E-state index in [2.05, 4.69) is 10.6 Å². The summed E-state index contributed by atoms with van der Waals surface area (Å²) in [6.45, 7) is 0. The molecule has 7 heteroatoms. The molecule has 30 heavy (non-hydrogen) atoms. The number of hydrogen-bond donors (Lipinski definition) is 1. The highest BCUT2D eigenvalue weighted by Gasteiger charge is 2.12. The first kappa shape index (κ1) is 19.7. The van der Waals surface area contributed by atoms with Crippen molar-refractivity contribution in [3.05, 3.63) is 84.1 Å². The highest BCUT2D eigenvalue weighted by atomic mass is 32.2. The second-order valence-corrected chi connectivity index (χ2v) is 8.62. The van der Waals surface area contributed by atoms with E-state index in [0.29, 0.717) is 22.5 Å². The molecular weight excluding hydrogens is 406 g/mol. The Morgan fingerprint density at radius 1 is 1.00 bits per heavy atom. The molecule has 0 aliphatic heterocycles. The van der Waals surface area contributed by atoms with Crippen LogP contribution < -0.4 is 4.72 Å². The van der Waals surface area contributed by atoms with Crippen molar-refractivity contribution in [2.75, 3.05) is 11.0 Å². The van der Waals surface area contributed by atoms with E-state index in [0.717, 1.165) is 23.2 Å². The predicted molar refractivity (Wildman–Crippen MR) is 115 cm³/mol. The minimum Gasteiger partial charge on any atom is -0.316 e. The zero-order valence-corrected chi connectivity index (χ0v) is 16.7. The van der Waals surface area contributed by atoms with E-state index in [-0.39, 0.29) is 5.56 Å². The van der Waals surface area contributed by atoms with Gasteiger partial charge in [-0.05, 0) is 54.1 Å². The number of nitrogens with one attached hydrogen (secondary N) is 1. The monoisotopic (exact) mass is 422 g/mol. The summed E-state index contributed by atoms with van der Waals surface area (Å²) in [4.78, 5) is 0. The molecule has 0 spiro atoms. The molecule has 4 nitrogen and oxygen atoms in total. The molecule has 150 valence electrons. The van der Waals surface area contributed by atoms with Crippen LogP contribution >= 0.6 is 0 Å². The summed E-state index contributed by atoms with van der Waals surface area (Å²) in [5.41, 5.74) is 3.08. The van der Waals surface area contributed by atoms with Gasteiger partial charge in [0, 0.05) is 34.5 Å². The Morgan fingerprint density at radius 2 is 1.80 bits per heavy atom. The lowest BCUT2D eigenvalue weighted by molar-refractivity contribution is 0.585. The van der Waals surface area contributed by atoms with E-state index in [4.69, 9.17) is 6.42 Å². The molecule has 0 amide bonds. The fraction of sp³-hybridized carbons (Fsp3) is 0.0435. The normalized spacial score (nSPS) is 11.4. The SMILES string of the molecule is C#Cc1cc(-c2ccc(F)cc2F)cc(-n2ccc3ccc(NS(C)(=O)=O)cc32)c1. The van der Waals surface area contributed by atoms with Gasteiger partial charge in [0.1, 0.15) is 11.6 Å². The standard InChI is InChI=1S/C23H16F2N2O2S/c1-3-15-10-17(21-7-5-18(24)13-22(21)25)12-20(11-15)27-9-8-16-4-6-19(14-23(16)27)26-30(2,28)29/h1,4-14,26H,2H3. The third-order valence-corrected chi connectivity index (χ3v) is 5.21. The summed E-state index contributed by atoms with van der Waals surface area (Å²) in [5, 5.41) is 0.884. The summed E-state index contributed by atoms with van der Waals surface area (Å²) in [7, 11) is -3.43. The quantitative estimate of drug-likeness (QED) is 0.474. The molecule has 0 unspecified atom stereocenters. The molecule has 0 radical (unpaired) electrons. The zero-order valence-electron chi connectivity index (χ0n) is 15.9. The van der Waals surface area contributed by atoms with Crippen molar-refractivity contribution in [2.45, 2.75) is 0 Å². The van der Waals surface area contributed by atoms with Crippen LogP contribution in [0.25, 0.3) is 27.7 Å². The number of hydrogen-bond acceptors (Lipinski definition) is 2. The molecule has 0 bridgehead atoms. The molecular formula is C23H16F2N2O2S. The summed E-state index contributed by atoms with van der Waals surface area (Å²) in [6.07, 6.45) is 8.49. The first-order chi connectivity index (χ1) is 14.2. The van der Waals surface area contributed by atoms with Gasteiger partial charge in [0.25, 0.3) is 0 Å². The number of nitrogens with zero attached hydrogens (tertiary/aromatic N) is 1. The first-order valence-corrected chi connectivity index (χ1v) is 10.8. The number of benzene rings is 3. The summed E-state index contributed by atoms with van der Waals surface area (Å²) in [6, 6.07) is 15.6. The fourth-order valence-corrected chi connectivity index (χ4v) is 3.90. The number of fused-ring (bicyclic) bond motifs is 1. The van der Waals surface area contributed by atoms with Crippen LogP contribution in [0.2, 0.25) is 0 Å². The molecule has 0 saturated carbocycles. The Hall–Kier alpha value is -3.63. The molecule has 1 heterocycles. The van der Waals surface area contributed by atoms with Crippen LogP contribution in [0.3, 0.4) is 0 Å². The smallest absolute Gasteiger partial charge is 0.229 e. The van der Waals surface area contributed by atoms with Gasteiger partial charge in [0.2, 0.25) is 10.0 Å². The zero-order chi connectivity index (χ0) is 21.5. The number of terminal acetylenes is 1. The molecule has 0 atom stereocenters. The van der Waals surface area contributed by atoms with Crippen LogP contribution in [0, 0.1) is 24.0 Å². The average molecular weight is 422 g/mol. The number of aromatic nitrogens is 1. The van der Waals surface area contributed by atoms with Gasteiger partial charge >= 0.3 is 0 Å². The van der Waals surface area contributed by atoms with Crippen molar-refractivity contribution in [2.24, 2.45) is 0 Å². The average Bonchev–Trinajstić information content (AvgIpc) is 3.09. The second kappa shape index (κ2) is 7.32. The van der Waals surface area contributed by atoms with Gasteiger partial charge in [-0.3, -0.25) is 4.72 Å². The fourth-order valence-electron chi connectivity index (χ4n) is 3.34. The Bertz CT molecular complexity index is 1430. The Labute approximate surface area is 172 Å². The van der Waals surface area contributed by atoms with Gasteiger partial charge in [-0.2, -0.15) is 0 Å². The largest absolute Gasteiger partial charge is 0.316 e. The second-order valence-electron chi connectivity index (χ2n) is 6.87. The lowest BCUT2D eigenvalue weighted by atomic mass is 10.0. The van der Waals surface area contributed by atoms with Crippen LogP contribution in [-0.2, 0) is 10.0 Å². The van der Waals surface area contributed by atoms with Gasteiger partial charge in [-0.25, -0.2) is 17.2 Å². The molecule has 0 aliphatic carbocycles. The van der Waals surface area contributed by atoms with Crippen LogP contribution in [0.15, 0.2) is 66.9 Å². The number of rotatable bonds is 4. The van der Waals surface area contributed by atoms with Gasteiger partial charge in [-0.15, -0.1) is 6.42 Å². The topological polar surface area (TPSA) is 51.1 Å². The van der Waals surface area contributed by atoms with E-state index in [9.17, 15) is 17.2 Å². The Kier molecular flexibility index (Phi) is 4.80. The maximum absolute atomic E-state index is 14.3. The van der Waals surface area contributed by atoms with Crippen LogP contribution in [0.5, 0.6) is 0 Å². The molecule has 1 aromatic heterocycles. The number of sulfonamides is 1. The van der Waals surface area contributed by atoms with Gasteiger partial charge in [0.15, 0.2) is 0 Å². The van der Waals surface area contributed by atoms with Gasteiger partial charge < -0.3 is 4.57 Å². The summed E-state index contributed by atoms with van der Waals surface area (Å²) in [5.74, 6) is 1.21. The van der Waals surface area contributed by atoms with Crippen molar-refractivity contribution in [1.82, 2.24) is 4.57 Å². The van der Waals surface area contributed by atoms with Crippen molar-refractivity contribution in [3.63, 3.8) is 0 Å². The van der Waals surface area contributed by atoms with E-state index in [1.54, 1.807) is 36.4 Å². The predicted octanol–water partition coefficient (Wildman–Crippen LogP) is 4.93. The van der Waals surface area contributed by atoms with Gasteiger partial charge in [0.05, 0.1) is 17.5 Å². The molecule has 0 saturated heterocycles. The van der Waals surface area contributed by atoms with E-state index < -0.39 is 21.7 Å². The maximum atomic E-state index is 14.3. The Morgan fingerprint density at radius 3 is 2.50 bits per heavy atom. The lowest BCUT2D eigenvalue weighted by Gasteiger charge is -2.12. The van der Waals surface area contributed by atoms with E-state index >= 15 is 0 Å². The molecule has 4 rings (SSSR count). The molecule has 0 fully saturated rings. The number of halogens is 2. The Balaban J connectivity index is 1.89. The lowest BCUT2D eigenvalue weighted by Crippen LogP contribution is -2.09. The third-order valence-electron chi connectivity index (χ3n) is 4.60.